The number of hydrogen-bond donors (Lipinski definition) is 3. The normalized spacial score (nSPS) is 24.5. The van der Waals surface area contributed by atoms with Crippen LogP contribution in [0.4, 0.5) is 4.79 Å². The first-order valence-electron chi connectivity index (χ1n) is 4.53. The Balaban J connectivity index is 2.16. The summed E-state index contributed by atoms with van der Waals surface area (Å²) in [5, 5.41) is 5.97. The molecule has 70 valence electrons. The van der Waals surface area contributed by atoms with E-state index in [0.717, 1.165) is 13.1 Å². The smallest absolute Gasteiger partial charge is 0.312 e. The number of carbonyl (C=O) groups is 1. The van der Waals surface area contributed by atoms with Crippen LogP contribution in [0.25, 0.3) is 0 Å². The zero-order valence-corrected chi connectivity index (χ0v) is 7.31. The predicted molar refractivity (Wildman–Crippen MR) is 47.8 cm³/mol. The van der Waals surface area contributed by atoms with Crippen LogP contribution in [0.1, 0.15) is 19.3 Å². The summed E-state index contributed by atoms with van der Waals surface area (Å²) in [5.41, 5.74) is 4.98. The van der Waals surface area contributed by atoms with Crippen molar-refractivity contribution < 1.29 is 4.79 Å². The van der Waals surface area contributed by atoms with Crippen LogP contribution < -0.4 is 16.4 Å². The number of rotatable bonds is 2. The third-order valence-corrected chi connectivity index (χ3v) is 2.21. The predicted octanol–water partition coefficient (Wildman–Crippen LogP) is 0.0444. The molecule has 0 saturated carbocycles. The molecule has 1 rings (SSSR count). The molecule has 1 atom stereocenters. The van der Waals surface area contributed by atoms with Gasteiger partial charge in [-0.3, -0.25) is 0 Å². The first kappa shape index (κ1) is 9.32. The largest absolute Gasteiger partial charge is 0.352 e. The van der Waals surface area contributed by atoms with Gasteiger partial charge in [-0.05, 0) is 31.8 Å². The van der Waals surface area contributed by atoms with Gasteiger partial charge in [0.1, 0.15) is 0 Å². The van der Waals surface area contributed by atoms with Crippen molar-refractivity contribution in [2.45, 2.75) is 19.3 Å². The maximum Gasteiger partial charge on any atom is 0.312 e. The molecule has 0 spiro atoms. The molecule has 0 aromatic rings. The number of urea groups is 1. The highest BCUT2D eigenvalue weighted by Gasteiger charge is 2.11. The van der Waals surface area contributed by atoms with Gasteiger partial charge < -0.3 is 16.4 Å². The van der Waals surface area contributed by atoms with Gasteiger partial charge in [0.2, 0.25) is 0 Å². The molecule has 12 heavy (non-hydrogen) atoms. The molecule has 4 nitrogen and oxygen atoms in total. The fraction of sp³-hybridized carbons (Fsp3) is 0.875. The van der Waals surface area contributed by atoms with Gasteiger partial charge in [-0.1, -0.05) is 6.42 Å². The van der Waals surface area contributed by atoms with Crippen molar-refractivity contribution in [1.82, 2.24) is 10.6 Å². The summed E-state index contributed by atoms with van der Waals surface area (Å²) in [5.74, 6) is 0.556. The van der Waals surface area contributed by atoms with E-state index in [2.05, 4.69) is 10.6 Å². The first-order valence-corrected chi connectivity index (χ1v) is 4.53. The summed E-state index contributed by atoms with van der Waals surface area (Å²) in [4.78, 5) is 10.4. The SMILES string of the molecule is NC(=O)NCC1CCCCNC1. The molecule has 0 radical (unpaired) electrons. The van der Waals surface area contributed by atoms with Crippen LogP contribution in [0.3, 0.4) is 0 Å². The monoisotopic (exact) mass is 171 g/mol. The van der Waals surface area contributed by atoms with Crippen molar-refractivity contribution in [1.29, 1.82) is 0 Å². The van der Waals surface area contributed by atoms with Gasteiger partial charge in [0, 0.05) is 6.54 Å². The number of amides is 2. The topological polar surface area (TPSA) is 67.2 Å². The minimum atomic E-state index is -0.417. The molecule has 0 aliphatic carbocycles. The van der Waals surface area contributed by atoms with E-state index >= 15 is 0 Å². The van der Waals surface area contributed by atoms with E-state index in [1.54, 1.807) is 0 Å². The number of nitrogens with one attached hydrogen (secondary N) is 2. The van der Waals surface area contributed by atoms with Gasteiger partial charge in [-0.2, -0.15) is 0 Å². The molecule has 4 heteroatoms. The van der Waals surface area contributed by atoms with Gasteiger partial charge in [0.05, 0.1) is 0 Å². The summed E-state index contributed by atoms with van der Waals surface area (Å²) >= 11 is 0. The van der Waals surface area contributed by atoms with Crippen LogP contribution in [0.2, 0.25) is 0 Å². The number of hydrogen-bond acceptors (Lipinski definition) is 2. The zero-order valence-electron chi connectivity index (χ0n) is 7.31. The van der Waals surface area contributed by atoms with Crippen molar-refractivity contribution in [3.05, 3.63) is 0 Å². The van der Waals surface area contributed by atoms with E-state index < -0.39 is 6.03 Å². The molecule has 0 aromatic heterocycles. The minimum absolute atomic E-state index is 0.417. The number of primary amides is 1. The van der Waals surface area contributed by atoms with Crippen LogP contribution in [-0.4, -0.2) is 25.7 Å². The Kier molecular flexibility index (Phi) is 3.87. The van der Waals surface area contributed by atoms with E-state index in [1.807, 2.05) is 0 Å². The molecule has 1 saturated heterocycles. The highest BCUT2D eigenvalue weighted by molar-refractivity contribution is 5.71. The standard InChI is InChI=1S/C8H17N3O/c9-8(12)11-6-7-3-1-2-4-10-5-7/h7,10H,1-6H2,(H3,9,11,12). The molecule has 1 heterocycles. The number of carbonyl (C=O) groups excluding carboxylic acids is 1. The molecule has 1 aliphatic heterocycles. The summed E-state index contributed by atoms with van der Waals surface area (Å²) < 4.78 is 0. The lowest BCUT2D eigenvalue weighted by Crippen LogP contribution is -2.36. The molecule has 1 aliphatic rings. The molecular weight excluding hydrogens is 154 g/mol. The van der Waals surface area contributed by atoms with Crippen LogP contribution in [0.15, 0.2) is 0 Å². The summed E-state index contributed by atoms with van der Waals surface area (Å²) in [6, 6.07) is -0.417. The lowest BCUT2D eigenvalue weighted by molar-refractivity contribution is 0.246. The minimum Gasteiger partial charge on any atom is -0.352 e. The molecule has 2 amide bonds. The summed E-state index contributed by atoms with van der Waals surface area (Å²) in [6.07, 6.45) is 3.68. The third kappa shape index (κ3) is 3.57. The van der Waals surface area contributed by atoms with Crippen LogP contribution in [-0.2, 0) is 0 Å². The summed E-state index contributed by atoms with van der Waals surface area (Å²) in [6.45, 7) is 2.82. The zero-order chi connectivity index (χ0) is 8.81. The molecule has 0 aromatic carbocycles. The maximum atomic E-state index is 10.4. The molecule has 1 fully saturated rings. The van der Waals surface area contributed by atoms with E-state index in [9.17, 15) is 4.79 Å². The average Bonchev–Trinajstić information content (AvgIpc) is 2.28. The Morgan fingerprint density at radius 3 is 3.17 bits per heavy atom. The Hall–Kier alpha value is -0.770. The van der Waals surface area contributed by atoms with Crippen molar-refractivity contribution in [3.63, 3.8) is 0 Å². The molecule has 1 unspecified atom stereocenters. The molecule has 4 N–H and O–H groups in total. The fourth-order valence-electron chi connectivity index (χ4n) is 1.51. The maximum absolute atomic E-state index is 10.4. The Morgan fingerprint density at radius 2 is 2.42 bits per heavy atom. The van der Waals surface area contributed by atoms with Crippen LogP contribution in [0.5, 0.6) is 0 Å². The fourth-order valence-corrected chi connectivity index (χ4v) is 1.51. The van der Waals surface area contributed by atoms with Crippen LogP contribution in [0, 0.1) is 5.92 Å². The van der Waals surface area contributed by atoms with E-state index in [-0.39, 0.29) is 0 Å². The second-order valence-electron chi connectivity index (χ2n) is 3.31. The van der Waals surface area contributed by atoms with Crippen molar-refractivity contribution in [3.8, 4) is 0 Å². The van der Waals surface area contributed by atoms with Crippen molar-refractivity contribution in [2.24, 2.45) is 11.7 Å². The Bertz CT molecular complexity index is 141. The molecular formula is C8H17N3O. The van der Waals surface area contributed by atoms with Gasteiger partial charge in [-0.25, -0.2) is 4.79 Å². The lowest BCUT2D eigenvalue weighted by Gasteiger charge is -2.13. The van der Waals surface area contributed by atoms with Crippen molar-refractivity contribution in [2.75, 3.05) is 19.6 Å². The first-order chi connectivity index (χ1) is 5.79. The Labute approximate surface area is 72.9 Å². The van der Waals surface area contributed by atoms with E-state index in [0.29, 0.717) is 12.5 Å². The average molecular weight is 171 g/mol. The lowest BCUT2D eigenvalue weighted by atomic mass is 10.0. The molecule has 0 bridgehead atoms. The quantitative estimate of drug-likeness (QED) is 0.549. The van der Waals surface area contributed by atoms with E-state index in [4.69, 9.17) is 5.73 Å². The highest BCUT2D eigenvalue weighted by atomic mass is 16.2. The second-order valence-corrected chi connectivity index (χ2v) is 3.31. The number of nitrogens with two attached hydrogens (primary N) is 1. The van der Waals surface area contributed by atoms with Gasteiger partial charge in [0.15, 0.2) is 0 Å². The summed E-state index contributed by atoms with van der Waals surface area (Å²) in [7, 11) is 0. The van der Waals surface area contributed by atoms with Crippen LogP contribution >= 0.6 is 0 Å². The third-order valence-electron chi connectivity index (χ3n) is 2.21. The Morgan fingerprint density at radius 1 is 1.58 bits per heavy atom. The second kappa shape index (κ2) is 4.98. The van der Waals surface area contributed by atoms with Gasteiger partial charge >= 0.3 is 6.03 Å². The van der Waals surface area contributed by atoms with Gasteiger partial charge in [-0.15, -0.1) is 0 Å². The van der Waals surface area contributed by atoms with E-state index in [1.165, 1.54) is 19.3 Å². The van der Waals surface area contributed by atoms with Crippen molar-refractivity contribution >= 4 is 6.03 Å². The highest BCUT2D eigenvalue weighted by Crippen LogP contribution is 2.09. The van der Waals surface area contributed by atoms with Gasteiger partial charge in [0.25, 0.3) is 0 Å².